The molecule has 6 unspecified atom stereocenters. The second-order valence-corrected chi connectivity index (χ2v) is 9.40. The summed E-state index contributed by atoms with van der Waals surface area (Å²) in [5.41, 5.74) is 1.88. The van der Waals surface area contributed by atoms with Gasteiger partial charge < -0.3 is 5.11 Å². The highest BCUT2D eigenvalue weighted by molar-refractivity contribution is 7.96. The fourth-order valence-electron chi connectivity index (χ4n) is 6.25. The highest BCUT2D eigenvalue weighted by atomic mass is 32.1. The summed E-state index contributed by atoms with van der Waals surface area (Å²) >= 11 is 9.24. The van der Waals surface area contributed by atoms with Crippen molar-refractivity contribution in [2.75, 3.05) is 0 Å². The third-order valence-corrected chi connectivity index (χ3v) is 8.48. The molecule has 0 heterocycles. The van der Waals surface area contributed by atoms with Crippen molar-refractivity contribution in [3.63, 3.8) is 0 Å². The first-order valence-electron chi connectivity index (χ1n) is 8.92. The van der Waals surface area contributed by atoms with Crippen molar-refractivity contribution < 1.29 is 9.90 Å². The van der Waals surface area contributed by atoms with Gasteiger partial charge in [0.1, 0.15) is 0 Å². The van der Waals surface area contributed by atoms with Gasteiger partial charge in [-0.25, -0.2) is 0 Å². The van der Waals surface area contributed by atoms with Crippen molar-refractivity contribution in [1.29, 1.82) is 0 Å². The lowest BCUT2D eigenvalue weighted by molar-refractivity contribution is -0.135. The number of hydrogen-bond acceptors (Lipinski definition) is 3. The van der Waals surface area contributed by atoms with Crippen molar-refractivity contribution in [1.82, 2.24) is 0 Å². The molecule has 1 N–H and O–H groups in total. The first-order valence-corrected chi connectivity index (χ1v) is 9.82. The summed E-state index contributed by atoms with van der Waals surface area (Å²) in [6.45, 7) is 4.14. The zero-order valence-corrected chi connectivity index (χ0v) is 15.3. The van der Waals surface area contributed by atoms with Crippen molar-refractivity contribution in [2.45, 2.75) is 61.7 Å². The fraction of sp³-hybridized carbons (Fsp3) is 0.737. The van der Waals surface area contributed by atoms with Crippen molar-refractivity contribution in [3.8, 4) is 0 Å². The van der Waals surface area contributed by atoms with Gasteiger partial charge in [0, 0.05) is 4.75 Å². The van der Waals surface area contributed by atoms with E-state index in [4.69, 9.17) is 12.6 Å². The van der Waals surface area contributed by atoms with Crippen molar-refractivity contribution >= 4 is 30.4 Å². The van der Waals surface area contributed by atoms with Gasteiger partial charge in [0.2, 0.25) is 0 Å². The molecule has 23 heavy (non-hydrogen) atoms. The minimum Gasteiger partial charge on any atom is -0.389 e. The zero-order chi connectivity index (χ0) is 16.4. The predicted octanol–water partition coefficient (Wildman–Crippen LogP) is 3.97. The monoisotopic (exact) mass is 350 g/mol. The second-order valence-electron chi connectivity index (χ2n) is 8.17. The van der Waals surface area contributed by atoms with E-state index in [9.17, 15) is 9.90 Å². The third-order valence-electron chi connectivity index (χ3n) is 7.32. The summed E-state index contributed by atoms with van der Waals surface area (Å²) in [5, 5.41) is 11.2. The highest BCUT2D eigenvalue weighted by Crippen LogP contribution is 2.63. The molecule has 6 atom stereocenters. The number of rotatable bonds is 1. The van der Waals surface area contributed by atoms with Gasteiger partial charge in [0.25, 0.3) is 0 Å². The fourth-order valence-corrected chi connectivity index (χ4v) is 7.21. The first-order chi connectivity index (χ1) is 10.9. The number of aliphatic hydroxyl groups is 1. The van der Waals surface area contributed by atoms with Crippen LogP contribution in [0.4, 0.5) is 0 Å². The van der Waals surface area contributed by atoms with Crippen LogP contribution < -0.4 is 0 Å². The molecule has 126 valence electrons. The van der Waals surface area contributed by atoms with E-state index < -0.39 is 5.60 Å². The Labute approximate surface area is 149 Å². The van der Waals surface area contributed by atoms with Crippen LogP contribution in [-0.2, 0) is 4.79 Å². The van der Waals surface area contributed by atoms with E-state index in [1.807, 2.05) is 0 Å². The predicted molar refractivity (Wildman–Crippen MR) is 98.8 cm³/mol. The molecule has 3 fully saturated rings. The van der Waals surface area contributed by atoms with E-state index in [0.717, 1.165) is 51.4 Å². The van der Waals surface area contributed by atoms with Crippen molar-refractivity contribution in [3.05, 3.63) is 23.8 Å². The Morgan fingerprint density at radius 1 is 1.17 bits per heavy atom. The molecule has 4 rings (SSSR count). The summed E-state index contributed by atoms with van der Waals surface area (Å²) in [6.07, 6.45) is 10.0. The molecular weight excluding hydrogens is 324 g/mol. The maximum atomic E-state index is 11.9. The lowest BCUT2D eigenvalue weighted by Crippen LogP contribution is -2.56. The number of carbonyl (C=O) groups excluding carboxylic acids is 1. The highest BCUT2D eigenvalue weighted by Gasteiger charge is 2.61. The van der Waals surface area contributed by atoms with E-state index in [1.165, 1.54) is 11.1 Å². The van der Waals surface area contributed by atoms with Crippen LogP contribution in [0, 0.1) is 23.7 Å². The number of fused-ring (bicyclic) bond motifs is 5. The van der Waals surface area contributed by atoms with Crippen LogP contribution >= 0.6 is 25.3 Å². The SMILES string of the molecule is C=C1C=C2CCC3C(CCC4(O)C(C(=O)S)CCC34)C2(S)CC1. The quantitative estimate of drug-likeness (QED) is 0.626. The normalized spacial score (nSPS) is 49.0. The van der Waals surface area contributed by atoms with Crippen LogP contribution in [0.15, 0.2) is 23.8 Å². The Balaban J connectivity index is 1.67. The topological polar surface area (TPSA) is 37.3 Å². The van der Waals surface area contributed by atoms with E-state index in [-0.39, 0.29) is 21.7 Å². The molecule has 0 saturated heterocycles. The molecule has 0 aromatic heterocycles. The number of thiol groups is 2. The van der Waals surface area contributed by atoms with Crippen LogP contribution in [-0.4, -0.2) is 20.6 Å². The number of carbonyl (C=O) groups is 1. The van der Waals surface area contributed by atoms with Gasteiger partial charge in [-0.05, 0) is 69.1 Å². The molecule has 4 aliphatic carbocycles. The minimum atomic E-state index is -0.816. The molecule has 0 aliphatic heterocycles. The second kappa shape index (κ2) is 5.40. The first kappa shape index (κ1) is 16.3. The molecule has 3 saturated carbocycles. The molecular formula is C19H26O2S2. The number of hydrogen-bond donors (Lipinski definition) is 3. The standard InChI is InChI=1S/C19H26O2S2/c1-11-6-9-19(23)12(10-11)2-3-13-14-4-5-16(17(20)22)18(14,21)8-7-15(13)19/h10,13-16,21,23H,1-9H2,(H,20,22). The van der Waals surface area contributed by atoms with Gasteiger partial charge in [0.05, 0.1) is 11.5 Å². The Bertz CT molecular complexity index is 598. The molecule has 4 heteroatoms. The van der Waals surface area contributed by atoms with E-state index in [0.29, 0.717) is 11.8 Å². The molecule has 0 radical (unpaired) electrons. The Hall–Kier alpha value is -0.190. The van der Waals surface area contributed by atoms with Crippen LogP contribution in [0.2, 0.25) is 0 Å². The van der Waals surface area contributed by atoms with Gasteiger partial charge in [0.15, 0.2) is 5.12 Å². The van der Waals surface area contributed by atoms with Crippen molar-refractivity contribution in [2.24, 2.45) is 23.7 Å². The Kier molecular flexibility index (Phi) is 3.83. The van der Waals surface area contributed by atoms with Gasteiger partial charge in [-0.15, -0.1) is 12.6 Å². The maximum absolute atomic E-state index is 11.9. The molecule has 0 bridgehead atoms. The van der Waals surface area contributed by atoms with Gasteiger partial charge in [-0.3, -0.25) is 4.79 Å². The van der Waals surface area contributed by atoms with E-state index >= 15 is 0 Å². The van der Waals surface area contributed by atoms with E-state index in [2.05, 4.69) is 25.3 Å². The Morgan fingerprint density at radius 3 is 2.70 bits per heavy atom. The maximum Gasteiger partial charge on any atom is 0.191 e. The molecule has 0 aromatic carbocycles. The molecule has 0 amide bonds. The van der Waals surface area contributed by atoms with Crippen LogP contribution in [0.3, 0.4) is 0 Å². The minimum absolute atomic E-state index is 0.0193. The lowest BCUT2D eigenvalue weighted by atomic mass is 9.54. The Morgan fingerprint density at radius 2 is 1.96 bits per heavy atom. The van der Waals surface area contributed by atoms with Gasteiger partial charge in [-0.1, -0.05) is 23.8 Å². The van der Waals surface area contributed by atoms with Gasteiger partial charge >= 0.3 is 0 Å². The van der Waals surface area contributed by atoms with Crippen LogP contribution in [0.5, 0.6) is 0 Å². The number of allylic oxidation sites excluding steroid dienone is 2. The average Bonchev–Trinajstić information content (AvgIpc) is 2.85. The molecule has 0 aromatic rings. The zero-order valence-electron chi connectivity index (χ0n) is 13.5. The smallest absolute Gasteiger partial charge is 0.191 e. The molecule has 0 spiro atoms. The van der Waals surface area contributed by atoms with Crippen LogP contribution in [0.1, 0.15) is 51.4 Å². The largest absolute Gasteiger partial charge is 0.389 e. The summed E-state index contributed by atoms with van der Waals surface area (Å²) < 4.78 is -0.0193. The van der Waals surface area contributed by atoms with Crippen LogP contribution in [0.25, 0.3) is 0 Å². The third kappa shape index (κ3) is 2.24. The summed E-state index contributed by atoms with van der Waals surface area (Å²) in [4.78, 5) is 11.9. The molecule has 4 aliphatic rings. The summed E-state index contributed by atoms with van der Waals surface area (Å²) in [6, 6.07) is 0. The summed E-state index contributed by atoms with van der Waals surface area (Å²) in [5.74, 6) is 0.999. The average molecular weight is 351 g/mol. The molecule has 2 nitrogen and oxygen atoms in total. The van der Waals surface area contributed by atoms with E-state index in [1.54, 1.807) is 0 Å². The lowest BCUT2D eigenvalue weighted by Gasteiger charge is -2.56. The van der Waals surface area contributed by atoms with Gasteiger partial charge in [-0.2, -0.15) is 12.6 Å². The summed E-state index contributed by atoms with van der Waals surface area (Å²) in [7, 11) is 0.